The maximum atomic E-state index is 2.46. The number of hydrogen-bond acceptors (Lipinski definition) is 1. The van der Waals surface area contributed by atoms with Crippen LogP contribution in [0.25, 0.3) is 66.4 Å². The summed E-state index contributed by atoms with van der Waals surface area (Å²) in [5.41, 5.74) is 23.1. The van der Waals surface area contributed by atoms with Crippen LogP contribution in [0.5, 0.6) is 0 Å². The molecule has 326 valence electrons. The van der Waals surface area contributed by atoms with E-state index < -0.39 is 5.41 Å². The molecule has 0 radical (unpaired) electrons. The monoisotopic (exact) mass is 879 g/mol. The normalized spacial score (nSPS) is 13.6. The van der Waals surface area contributed by atoms with Crippen LogP contribution in [0.15, 0.2) is 261 Å². The third-order valence-corrected chi connectivity index (χ3v) is 15.1. The van der Waals surface area contributed by atoms with Crippen LogP contribution >= 0.6 is 0 Å². The molecule has 0 saturated carbocycles. The molecule has 0 saturated heterocycles. The lowest BCUT2D eigenvalue weighted by molar-refractivity contribution is 0.660. The van der Waals surface area contributed by atoms with Crippen molar-refractivity contribution in [1.29, 1.82) is 0 Å². The Hall–Kier alpha value is -8.52. The summed E-state index contributed by atoms with van der Waals surface area (Å²) in [7, 11) is 0. The molecule has 11 aromatic carbocycles. The number of rotatable bonds is 8. The van der Waals surface area contributed by atoms with Gasteiger partial charge in [-0.15, -0.1) is 0 Å². The zero-order chi connectivity index (χ0) is 46.1. The van der Waals surface area contributed by atoms with Gasteiger partial charge in [0, 0.05) is 22.5 Å². The first-order valence-corrected chi connectivity index (χ1v) is 24.2. The molecule has 0 fully saturated rings. The predicted molar refractivity (Wildman–Crippen MR) is 290 cm³/mol. The third kappa shape index (κ3) is 6.46. The molecule has 11 aromatic rings. The van der Waals surface area contributed by atoms with E-state index in [9.17, 15) is 0 Å². The molecule has 0 N–H and O–H groups in total. The van der Waals surface area contributed by atoms with Crippen molar-refractivity contribution < 1.29 is 0 Å². The van der Waals surface area contributed by atoms with Crippen molar-refractivity contribution in [2.75, 3.05) is 4.90 Å². The highest BCUT2D eigenvalue weighted by atomic mass is 15.1. The molecule has 0 amide bonds. The Morgan fingerprint density at radius 2 is 0.768 bits per heavy atom. The average molecular weight is 880 g/mol. The summed E-state index contributed by atoms with van der Waals surface area (Å²) >= 11 is 0. The second kappa shape index (κ2) is 16.1. The lowest BCUT2D eigenvalue weighted by atomic mass is 9.67. The quantitative estimate of drug-likeness (QED) is 0.147. The smallest absolute Gasteiger partial charge is 0.0713 e. The number of anilines is 3. The van der Waals surface area contributed by atoms with Crippen molar-refractivity contribution in [2.45, 2.75) is 24.7 Å². The lowest BCUT2D eigenvalue weighted by Gasteiger charge is -2.34. The molecular weight excluding hydrogens is 831 g/mol. The van der Waals surface area contributed by atoms with Gasteiger partial charge in [0.1, 0.15) is 0 Å². The lowest BCUT2D eigenvalue weighted by Crippen LogP contribution is -2.28. The molecular formula is C68H49N. The van der Waals surface area contributed by atoms with Gasteiger partial charge in [0.05, 0.1) is 5.41 Å². The average Bonchev–Trinajstić information content (AvgIpc) is 3.84. The molecule has 0 unspecified atom stereocenters. The molecule has 1 nitrogen and oxygen atoms in total. The highest BCUT2D eigenvalue weighted by molar-refractivity contribution is 5.97. The molecule has 0 aromatic heterocycles. The Balaban J connectivity index is 0.934. The first kappa shape index (κ1) is 40.7. The summed E-state index contributed by atoms with van der Waals surface area (Å²) in [5, 5.41) is 2.51. The summed E-state index contributed by atoms with van der Waals surface area (Å²) < 4.78 is 0. The predicted octanol–water partition coefficient (Wildman–Crippen LogP) is 18.0. The zero-order valence-electron chi connectivity index (χ0n) is 38.8. The Bertz CT molecular complexity index is 3700. The van der Waals surface area contributed by atoms with Crippen LogP contribution in [0.3, 0.4) is 0 Å². The van der Waals surface area contributed by atoms with Gasteiger partial charge in [-0.2, -0.15) is 0 Å². The summed E-state index contributed by atoms with van der Waals surface area (Å²) in [6, 6.07) is 96.8. The van der Waals surface area contributed by atoms with Gasteiger partial charge in [-0.05, 0) is 148 Å². The number of fused-ring (bicyclic) bond motifs is 7. The SMILES string of the molecule is CC1(C)c2ccccc2-c2ccc(N(c3ccc(-c4ccc5c(c4)C(c4ccccc4)(c4ccccc4)c4ccccc4-5)cc3)c3cccc(-c4cccc(-c5cccc6ccccc56)c4)c3)cc21. The highest BCUT2D eigenvalue weighted by Crippen LogP contribution is 2.57. The minimum atomic E-state index is -0.457. The van der Waals surface area contributed by atoms with Gasteiger partial charge < -0.3 is 4.90 Å². The van der Waals surface area contributed by atoms with Crippen molar-refractivity contribution in [3.8, 4) is 55.6 Å². The van der Waals surface area contributed by atoms with E-state index in [2.05, 4.69) is 280 Å². The number of benzene rings is 11. The van der Waals surface area contributed by atoms with E-state index in [1.165, 1.54) is 99.8 Å². The minimum absolute atomic E-state index is 0.136. The molecule has 2 aliphatic carbocycles. The van der Waals surface area contributed by atoms with Gasteiger partial charge in [-0.25, -0.2) is 0 Å². The van der Waals surface area contributed by atoms with Crippen LogP contribution in [0.2, 0.25) is 0 Å². The second-order valence-electron chi connectivity index (χ2n) is 19.2. The first-order valence-electron chi connectivity index (χ1n) is 24.2. The van der Waals surface area contributed by atoms with Gasteiger partial charge >= 0.3 is 0 Å². The minimum Gasteiger partial charge on any atom is -0.310 e. The fourth-order valence-corrected chi connectivity index (χ4v) is 11.9. The van der Waals surface area contributed by atoms with Crippen molar-refractivity contribution in [3.63, 3.8) is 0 Å². The molecule has 0 heterocycles. The van der Waals surface area contributed by atoms with E-state index >= 15 is 0 Å². The molecule has 0 spiro atoms. The third-order valence-electron chi connectivity index (χ3n) is 15.1. The van der Waals surface area contributed by atoms with E-state index in [0.29, 0.717) is 0 Å². The topological polar surface area (TPSA) is 3.24 Å². The Kier molecular flexibility index (Phi) is 9.49. The van der Waals surface area contributed by atoms with Gasteiger partial charge in [-0.1, -0.05) is 226 Å². The van der Waals surface area contributed by atoms with Crippen LogP contribution in [0, 0.1) is 0 Å². The van der Waals surface area contributed by atoms with E-state index in [1.54, 1.807) is 0 Å². The fourth-order valence-electron chi connectivity index (χ4n) is 11.9. The zero-order valence-corrected chi connectivity index (χ0v) is 38.8. The van der Waals surface area contributed by atoms with Crippen molar-refractivity contribution in [2.24, 2.45) is 0 Å². The summed E-state index contributed by atoms with van der Waals surface area (Å²) in [6.45, 7) is 4.73. The van der Waals surface area contributed by atoms with Crippen molar-refractivity contribution in [3.05, 3.63) is 294 Å². The van der Waals surface area contributed by atoms with Crippen LogP contribution in [-0.4, -0.2) is 0 Å². The van der Waals surface area contributed by atoms with E-state index in [1.807, 2.05) is 0 Å². The molecule has 0 aliphatic heterocycles. The number of nitrogens with zero attached hydrogens (tertiary/aromatic N) is 1. The van der Waals surface area contributed by atoms with Gasteiger partial charge in [0.25, 0.3) is 0 Å². The largest absolute Gasteiger partial charge is 0.310 e. The van der Waals surface area contributed by atoms with E-state index in [-0.39, 0.29) is 5.41 Å². The van der Waals surface area contributed by atoms with Crippen molar-refractivity contribution in [1.82, 2.24) is 0 Å². The Morgan fingerprint density at radius 3 is 1.54 bits per heavy atom. The molecule has 0 atom stereocenters. The summed E-state index contributed by atoms with van der Waals surface area (Å²) in [4.78, 5) is 2.44. The maximum Gasteiger partial charge on any atom is 0.0713 e. The van der Waals surface area contributed by atoms with Crippen LogP contribution in [-0.2, 0) is 10.8 Å². The fraction of sp³-hybridized carbons (Fsp3) is 0.0588. The number of hydrogen-bond donors (Lipinski definition) is 0. The maximum absolute atomic E-state index is 2.46. The van der Waals surface area contributed by atoms with E-state index in [4.69, 9.17) is 0 Å². The van der Waals surface area contributed by atoms with Crippen LogP contribution < -0.4 is 4.90 Å². The molecule has 1 heteroatoms. The second-order valence-corrected chi connectivity index (χ2v) is 19.2. The van der Waals surface area contributed by atoms with Crippen molar-refractivity contribution >= 4 is 27.8 Å². The Labute approximate surface area is 405 Å². The molecule has 69 heavy (non-hydrogen) atoms. The van der Waals surface area contributed by atoms with Gasteiger partial charge in [0.15, 0.2) is 0 Å². The standard InChI is InChI=1S/C68H49N/c1-67(2)63-32-13-11-29-59(63)61-41-39-56(45-65(61)67)69(55-27-16-21-49(43-55)48-20-15-22-51(42-48)58-31-17-19-47-18-9-10-28-57(47)58)54-37-34-46(35-38-54)50-36-40-62-60-30-12-14-33-64(60)68(66(62)44-50,52-23-5-3-6-24-52)53-25-7-4-8-26-53/h3-45H,1-2H3. The summed E-state index contributed by atoms with van der Waals surface area (Å²) in [5.74, 6) is 0. The highest BCUT2D eigenvalue weighted by Gasteiger charge is 2.46. The molecule has 2 aliphatic rings. The molecule has 13 rings (SSSR count). The van der Waals surface area contributed by atoms with Gasteiger partial charge in [0.2, 0.25) is 0 Å². The summed E-state index contributed by atoms with van der Waals surface area (Å²) in [6.07, 6.45) is 0. The van der Waals surface area contributed by atoms with E-state index in [0.717, 1.165) is 17.1 Å². The van der Waals surface area contributed by atoms with Crippen LogP contribution in [0.1, 0.15) is 47.2 Å². The Morgan fingerprint density at radius 1 is 0.275 bits per heavy atom. The van der Waals surface area contributed by atoms with Gasteiger partial charge in [-0.3, -0.25) is 0 Å². The first-order chi connectivity index (χ1) is 34.0. The van der Waals surface area contributed by atoms with Crippen LogP contribution in [0.4, 0.5) is 17.1 Å². The molecule has 0 bridgehead atoms.